The van der Waals surface area contributed by atoms with Gasteiger partial charge in [0.2, 0.25) is 0 Å². The molecule has 0 unspecified atom stereocenters. The summed E-state index contributed by atoms with van der Waals surface area (Å²) in [4.78, 5) is 17.9. The van der Waals surface area contributed by atoms with Crippen LogP contribution in [0.1, 0.15) is 0 Å². The smallest absolute Gasteiger partial charge is 0.164 e. The standard InChI is InChI=1S/C55H34N4O2/c1-3-14-35(15-4-1)37-18-11-19-38(32-37)53-56-54(39-28-31-49-46(33-39)43-23-9-10-26-48(43)60-49)58-55(57-53)45-24-13-27-50-52(45)44-30-29-41(34-51(44)61-50)59(40-20-5-2-6-21-40)47-25-12-17-36-16-7-8-22-42(36)47/h1-34H. The van der Waals surface area contributed by atoms with E-state index in [1.807, 2.05) is 54.6 Å². The Labute approximate surface area is 350 Å². The molecule has 0 aliphatic rings. The molecule has 6 nitrogen and oxygen atoms in total. The average Bonchev–Trinajstić information content (AvgIpc) is 3.90. The van der Waals surface area contributed by atoms with E-state index >= 15 is 0 Å². The van der Waals surface area contributed by atoms with Gasteiger partial charge in [-0.15, -0.1) is 0 Å². The first-order chi connectivity index (χ1) is 30.2. The van der Waals surface area contributed by atoms with E-state index in [4.69, 9.17) is 23.8 Å². The van der Waals surface area contributed by atoms with Gasteiger partial charge >= 0.3 is 0 Å². The first-order valence-corrected chi connectivity index (χ1v) is 20.3. The van der Waals surface area contributed by atoms with Crippen LogP contribution in [0.25, 0.3) is 99.9 Å². The maximum atomic E-state index is 6.73. The van der Waals surface area contributed by atoms with Crippen molar-refractivity contribution in [2.45, 2.75) is 0 Å². The van der Waals surface area contributed by atoms with Crippen molar-refractivity contribution in [3.63, 3.8) is 0 Å². The fourth-order valence-electron chi connectivity index (χ4n) is 8.64. The van der Waals surface area contributed by atoms with Crippen molar-refractivity contribution < 1.29 is 8.83 Å². The highest BCUT2D eigenvalue weighted by atomic mass is 16.3. The Kier molecular flexibility index (Phi) is 8.06. The maximum Gasteiger partial charge on any atom is 0.164 e. The zero-order valence-corrected chi connectivity index (χ0v) is 32.7. The molecule has 3 aromatic heterocycles. The van der Waals surface area contributed by atoms with Crippen LogP contribution in [0.4, 0.5) is 17.1 Å². The molecule has 0 N–H and O–H groups in total. The van der Waals surface area contributed by atoms with Gasteiger partial charge in [-0.2, -0.15) is 0 Å². The zero-order valence-electron chi connectivity index (χ0n) is 32.7. The SMILES string of the molecule is c1ccc(-c2cccc(-c3nc(-c4ccc5oc6ccccc6c5c4)nc(-c4cccc5oc6cc(N(c7ccccc7)c7cccc8ccccc78)ccc6c45)n3)c2)cc1. The summed E-state index contributed by atoms with van der Waals surface area (Å²) in [6.07, 6.45) is 0. The molecule has 6 heteroatoms. The summed E-state index contributed by atoms with van der Waals surface area (Å²) in [7, 11) is 0. The Morgan fingerprint density at radius 1 is 0.328 bits per heavy atom. The van der Waals surface area contributed by atoms with Gasteiger partial charge in [0.25, 0.3) is 0 Å². The first kappa shape index (κ1) is 34.7. The normalized spacial score (nSPS) is 11.6. The number of furan rings is 2. The Balaban J connectivity index is 1.04. The van der Waals surface area contributed by atoms with Gasteiger partial charge in [0.05, 0.1) is 5.69 Å². The molecule has 0 fully saturated rings. The number of para-hydroxylation sites is 2. The van der Waals surface area contributed by atoms with Gasteiger partial charge in [-0.05, 0) is 83.2 Å². The monoisotopic (exact) mass is 782 g/mol. The number of benzene rings is 9. The quantitative estimate of drug-likeness (QED) is 0.160. The summed E-state index contributed by atoms with van der Waals surface area (Å²) >= 11 is 0. The van der Waals surface area contributed by atoms with Crippen LogP contribution in [-0.2, 0) is 0 Å². The summed E-state index contributed by atoms with van der Waals surface area (Å²) in [6, 6.07) is 71.0. The molecular weight excluding hydrogens is 749 g/mol. The van der Waals surface area contributed by atoms with E-state index in [1.165, 1.54) is 5.39 Å². The van der Waals surface area contributed by atoms with E-state index in [2.05, 4.69) is 157 Å². The number of hydrogen-bond acceptors (Lipinski definition) is 6. The highest BCUT2D eigenvalue weighted by Gasteiger charge is 2.21. The second-order valence-corrected chi connectivity index (χ2v) is 15.2. The molecule has 9 aromatic carbocycles. The summed E-state index contributed by atoms with van der Waals surface area (Å²) in [5.74, 6) is 1.70. The molecule has 12 aromatic rings. The van der Waals surface area contributed by atoms with Crippen molar-refractivity contribution in [2.75, 3.05) is 4.90 Å². The largest absolute Gasteiger partial charge is 0.456 e. The van der Waals surface area contributed by atoms with E-state index in [1.54, 1.807) is 0 Å². The number of fused-ring (bicyclic) bond motifs is 7. The molecule has 0 aliphatic heterocycles. The summed E-state index contributed by atoms with van der Waals surface area (Å²) in [6.45, 7) is 0. The summed E-state index contributed by atoms with van der Waals surface area (Å²) in [5, 5.41) is 6.31. The number of nitrogens with zero attached hydrogens (tertiary/aromatic N) is 4. The molecule has 3 heterocycles. The number of hydrogen-bond donors (Lipinski definition) is 0. The second-order valence-electron chi connectivity index (χ2n) is 15.2. The molecule has 0 bridgehead atoms. The molecule has 61 heavy (non-hydrogen) atoms. The third-order valence-corrected chi connectivity index (χ3v) is 11.5. The average molecular weight is 783 g/mol. The molecule has 286 valence electrons. The molecule has 0 saturated heterocycles. The van der Waals surface area contributed by atoms with Crippen molar-refractivity contribution in [3.05, 3.63) is 206 Å². The lowest BCUT2D eigenvalue weighted by molar-refractivity contribution is 0.668. The summed E-state index contributed by atoms with van der Waals surface area (Å²) in [5.41, 5.74) is 11.1. The Bertz CT molecular complexity index is 3610. The molecule has 0 radical (unpaired) electrons. The molecular formula is C55H34N4O2. The first-order valence-electron chi connectivity index (χ1n) is 20.3. The van der Waals surface area contributed by atoms with Crippen LogP contribution in [0.5, 0.6) is 0 Å². The lowest BCUT2D eigenvalue weighted by atomic mass is 10.0. The fraction of sp³-hybridized carbons (Fsp3) is 0. The third-order valence-electron chi connectivity index (χ3n) is 11.5. The number of rotatable bonds is 7. The van der Waals surface area contributed by atoms with Gasteiger partial charge in [-0.1, -0.05) is 133 Å². The Hall–Kier alpha value is -8.35. The van der Waals surface area contributed by atoms with Crippen LogP contribution < -0.4 is 4.90 Å². The van der Waals surface area contributed by atoms with Crippen LogP contribution in [0.15, 0.2) is 215 Å². The van der Waals surface area contributed by atoms with Crippen molar-refractivity contribution in [2.24, 2.45) is 0 Å². The highest BCUT2D eigenvalue weighted by Crippen LogP contribution is 2.43. The van der Waals surface area contributed by atoms with Gasteiger partial charge in [0, 0.05) is 61.1 Å². The highest BCUT2D eigenvalue weighted by molar-refractivity contribution is 6.13. The minimum absolute atomic E-state index is 0.557. The van der Waals surface area contributed by atoms with Crippen molar-refractivity contribution >= 4 is 71.7 Å². The minimum atomic E-state index is 0.557. The predicted octanol–water partition coefficient (Wildman–Crippen LogP) is 15.0. The summed E-state index contributed by atoms with van der Waals surface area (Å²) < 4.78 is 12.9. The topological polar surface area (TPSA) is 68.2 Å². The van der Waals surface area contributed by atoms with Gasteiger partial charge in [-0.3, -0.25) is 0 Å². The van der Waals surface area contributed by atoms with Gasteiger partial charge in [-0.25, -0.2) is 15.0 Å². The van der Waals surface area contributed by atoms with E-state index in [9.17, 15) is 0 Å². The van der Waals surface area contributed by atoms with E-state index in [0.717, 1.165) is 94.1 Å². The molecule has 0 spiro atoms. The molecule has 0 amide bonds. The van der Waals surface area contributed by atoms with E-state index < -0.39 is 0 Å². The molecule has 0 saturated carbocycles. The Morgan fingerprint density at radius 2 is 0.951 bits per heavy atom. The molecule has 0 aliphatic carbocycles. The van der Waals surface area contributed by atoms with Crippen molar-refractivity contribution in [1.82, 2.24) is 15.0 Å². The molecule has 0 atom stereocenters. The number of anilines is 3. The van der Waals surface area contributed by atoms with Crippen molar-refractivity contribution in [3.8, 4) is 45.3 Å². The zero-order chi connectivity index (χ0) is 40.3. The van der Waals surface area contributed by atoms with Crippen LogP contribution in [0.2, 0.25) is 0 Å². The van der Waals surface area contributed by atoms with Crippen LogP contribution in [0, 0.1) is 0 Å². The van der Waals surface area contributed by atoms with E-state index in [0.29, 0.717) is 17.5 Å². The maximum absolute atomic E-state index is 6.73. The van der Waals surface area contributed by atoms with Crippen molar-refractivity contribution in [1.29, 1.82) is 0 Å². The van der Waals surface area contributed by atoms with Crippen LogP contribution in [0.3, 0.4) is 0 Å². The lowest BCUT2D eigenvalue weighted by Crippen LogP contribution is -2.10. The minimum Gasteiger partial charge on any atom is -0.456 e. The number of aromatic nitrogens is 3. The van der Waals surface area contributed by atoms with Gasteiger partial charge < -0.3 is 13.7 Å². The fourth-order valence-corrected chi connectivity index (χ4v) is 8.64. The van der Waals surface area contributed by atoms with E-state index in [-0.39, 0.29) is 0 Å². The second kappa shape index (κ2) is 14.2. The van der Waals surface area contributed by atoms with Gasteiger partial charge in [0.15, 0.2) is 17.5 Å². The lowest BCUT2D eigenvalue weighted by Gasteiger charge is -2.26. The van der Waals surface area contributed by atoms with Gasteiger partial charge in [0.1, 0.15) is 22.3 Å². The predicted molar refractivity (Wildman–Crippen MR) is 248 cm³/mol. The Morgan fingerprint density at radius 3 is 1.82 bits per heavy atom. The van der Waals surface area contributed by atoms with Crippen LogP contribution in [-0.4, -0.2) is 15.0 Å². The van der Waals surface area contributed by atoms with Crippen LogP contribution >= 0.6 is 0 Å². The molecule has 12 rings (SSSR count). The third kappa shape index (κ3) is 6.00.